The normalized spacial score (nSPS) is 45.7. The first-order valence-electron chi connectivity index (χ1n) is 8.82. The van der Waals surface area contributed by atoms with Crippen molar-refractivity contribution in [1.29, 1.82) is 2.56 Å². The van der Waals surface area contributed by atoms with Crippen LogP contribution in [0.5, 0.6) is 0 Å². The molecule has 8 unspecified atom stereocenters. The van der Waals surface area contributed by atoms with E-state index in [2.05, 4.69) is 30.3 Å². The van der Waals surface area contributed by atoms with Crippen molar-refractivity contribution in [2.75, 3.05) is 13.2 Å². The monoisotopic (exact) mass is 368 g/mol. The van der Waals surface area contributed by atoms with E-state index in [4.69, 9.17) is 12.0 Å². The molecule has 2 aliphatic heterocycles. The molecule has 7 heteroatoms. The summed E-state index contributed by atoms with van der Waals surface area (Å²) in [5.41, 5.74) is 0. The Morgan fingerprint density at radius 2 is 1.35 bits per heavy atom. The van der Waals surface area contributed by atoms with Gasteiger partial charge in [-0.25, -0.2) is 0 Å². The van der Waals surface area contributed by atoms with Crippen molar-refractivity contribution in [3.05, 3.63) is 0 Å². The summed E-state index contributed by atoms with van der Waals surface area (Å²) in [4.78, 5) is 0. The third-order valence-electron chi connectivity index (χ3n) is 5.21. The van der Waals surface area contributed by atoms with E-state index in [1.54, 1.807) is 0 Å². The Kier molecular flexibility index (Phi) is 9.15. The summed E-state index contributed by atoms with van der Waals surface area (Å²) in [6.45, 7) is 11.5. The van der Waals surface area contributed by atoms with Crippen LogP contribution in [0.3, 0.4) is 0 Å². The maximum absolute atomic E-state index is 9.68. The number of nitrogens with zero attached hydrogens (tertiary/aromatic N) is 2. The summed E-state index contributed by atoms with van der Waals surface area (Å²) in [5.74, 6) is 1.20. The Morgan fingerprint density at radius 1 is 0.870 bits per heavy atom. The molecule has 1 N–H and O–H groups in total. The van der Waals surface area contributed by atoms with E-state index in [0.717, 1.165) is 0 Å². The lowest BCUT2D eigenvalue weighted by Crippen LogP contribution is -2.45. The maximum Gasteiger partial charge on any atom is 0.114 e. The van der Waals surface area contributed by atoms with E-state index in [-0.39, 0.29) is 40.5 Å². The van der Waals surface area contributed by atoms with Gasteiger partial charge < -0.3 is 14.6 Å². The average Bonchev–Trinajstić information content (AvgIpc) is 2.57. The second-order valence-electron chi connectivity index (χ2n) is 6.51. The summed E-state index contributed by atoms with van der Waals surface area (Å²) in [5, 5.41) is 9.68. The highest BCUT2D eigenvalue weighted by Crippen LogP contribution is 2.28. The van der Waals surface area contributed by atoms with Crippen LogP contribution in [0.25, 0.3) is 0 Å². The Labute approximate surface area is 148 Å². The van der Waals surface area contributed by atoms with Crippen LogP contribution in [-0.4, -0.2) is 51.3 Å². The van der Waals surface area contributed by atoms with Crippen molar-refractivity contribution in [3.8, 4) is 0 Å². The number of ether oxygens (including phenoxy) is 2. The van der Waals surface area contributed by atoms with Crippen LogP contribution in [0.1, 0.15) is 42.0 Å². The van der Waals surface area contributed by atoms with Crippen molar-refractivity contribution in [1.82, 2.24) is 0 Å². The molecule has 23 heavy (non-hydrogen) atoms. The Morgan fingerprint density at radius 3 is 1.91 bits per heavy atom. The third-order valence-corrected chi connectivity index (χ3v) is 5.80. The largest absolute Gasteiger partial charge is 0.390 e. The van der Waals surface area contributed by atoms with Gasteiger partial charge in [-0.15, -0.1) is 0 Å². The minimum Gasteiger partial charge on any atom is -0.390 e. The van der Waals surface area contributed by atoms with Crippen LogP contribution in [0, 0.1) is 17.8 Å². The van der Waals surface area contributed by atoms with Crippen molar-refractivity contribution in [3.63, 3.8) is 0 Å². The van der Waals surface area contributed by atoms with Crippen molar-refractivity contribution in [2.24, 2.45) is 27.2 Å². The van der Waals surface area contributed by atoms with E-state index in [1.165, 1.54) is 0 Å². The highest BCUT2D eigenvalue weighted by molar-refractivity contribution is 7.04. The molecule has 2 saturated heterocycles. The lowest BCUT2D eigenvalue weighted by molar-refractivity contribution is -0.0879. The molecule has 0 saturated carbocycles. The van der Waals surface area contributed by atoms with Gasteiger partial charge in [0, 0.05) is 5.92 Å². The first-order valence-corrected chi connectivity index (χ1v) is 8.73. The SMILES string of the molecule is C.[3H]P=NC1COC(C)C(C)C1C.[3H]P=NC1COC(C)C(C)C1O. The fourth-order valence-electron chi connectivity index (χ4n) is 2.70. The zero-order chi connectivity index (χ0) is 18.3. The Hall–Kier alpha value is 0.0800. The molecule has 2 heterocycles. The molecule has 0 aromatic carbocycles. The van der Waals surface area contributed by atoms with E-state index in [9.17, 15) is 5.11 Å². The second-order valence-corrected chi connectivity index (χ2v) is 6.97. The smallest absolute Gasteiger partial charge is 0.114 e. The molecule has 0 spiro atoms. The molecule has 2 fully saturated rings. The summed E-state index contributed by atoms with van der Waals surface area (Å²) >= 11 is 0. The maximum atomic E-state index is 9.68. The Balaban J connectivity index is 0.000000443. The Bertz CT molecular complexity index is 394. The molecular weight excluding hydrogens is 330 g/mol. The number of hydrogen-bond acceptors (Lipinski definition) is 5. The predicted molar refractivity (Wildman–Crippen MR) is 100 cm³/mol. The topological polar surface area (TPSA) is 63.4 Å². The fraction of sp³-hybridized carbons (Fsp3) is 1.00. The molecule has 8 atom stereocenters. The number of aliphatic hydroxyl groups excluding tert-OH is 1. The average molecular weight is 368 g/mol. The molecule has 0 amide bonds. The highest BCUT2D eigenvalue weighted by Gasteiger charge is 2.33. The molecular formula is C16H34N2O3P2. The van der Waals surface area contributed by atoms with Crippen LogP contribution < -0.4 is 0 Å². The van der Waals surface area contributed by atoms with Gasteiger partial charge in [0.05, 0.1) is 37.6 Å². The van der Waals surface area contributed by atoms with E-state index >= 15 is 0 Å². The predicted octanol–water partition coefficient (Wildman–Crippen LogP) is 4.11. The van der Waals surface area contributed by atoms with Gasteiger partial charge in [0.1, 0.15) is 8.60 Å². The first kappa shape index (κ1) is 19.4. The van der Waals surface area contributed by atoms with Crippen LogP contribution in [0.2, 0.25) is 0 Å². The van der Waals surface area contributed by atoms with Gasteiger partial charge in [0.15, 0.2) is 0 Å². The zero-order valence-corrected chi connectivity index (χ0v) is 15.9. The van der Waals surface area contributed by atoms with E-state index in [0.29, 0.717) is 40.1 Å². The van der Waals surface area contributed by atoms with Crippen molar-refractivity contribution in [2.45, 2.75) is 72.4 Å². The summed E-state index contributed by atoms with van der Waals surface area (Å²) in [6, 6.07) is 0.0192. The summed E-state index contributed by atoms with van der Waals surface area (Å²) < 4.78 is 32.9. The fourth-order valence-corrected chi connectivity index (χ4v) is 3.18. The van der Waals surface area contributed by atoms with Crippen molar-refractivity contribution >= 4 is 18.0 Å². The van der Waals surface area contributed by atoms with Crippen molar-refractivity contribution < 1.29 is 14.6 Å². The first-order chi connectivity index (χ1) is 11.3. The second kappa shape index (κ2) is 10.8. The van der Waals surface area contributed by atoms with Gasteiger partial charge in [0.2, 0.25) is 0 Å². The van der Waals surface area contributed by atoms with Crippen LogP contribution >= 0.6 is 18.0 Å². The molecule has 0 aromatic heterocycles. The highest BCUT2D eigenvalue weighted by atomic mass is 31.0. The van der Waals surface area contributed by atoms with Gasteiger partial charge in [-0.2, -0.15) is 0 Å². The zero-order valence-electron chi connectivity index (χ0n) is 16.1. The summed E-state index contributed by atoms with van der Waals surface area (Å²) in [7, 11) is 0.602. The van der Waals surface area contributed by atoms with Gasteiger partial charge in [-0.1, -0.05) is 28.2 Å². The van der Waals surface area contributed by atoms with E-state index < -0.39 is 6.10 Å². The summed E-state index contributed by atoms with van der Waals surface area (Å²) in [6.07, 6.45) is -0.0192. The molecule has 2 aliphatic rings. The van der Waals surface area contributed by atoms with Crippen LogP contribution in [0.4, 0.5) is 0 Å². The minimum atomic E-state index is -0.452. The van der Waals surface area contributed by atoms with E-state index in [1.807, 2.05) is 13.8 Å². The van der Waals surface area contributed by atoms with Gasteiger partial charge in [-0.05, 0) is 43.6 Å². The van der Waals surface area contributed by atoms with Crippen LogP contribution in [0.15, 0.2) is 9.49 Å². The molecule has 136 valence electrons. The lowest BCUT2D eigenvalue weighted by Gasteiger charge is -2.36. The molecule has 5 nitrogen and oxygen atoms in total. The standard InChI is InChI=1S/C8H16NOP.C7H14NO2P.CH4/c1-5-6(2)8(9-11)4-10-7(5)3;1-4-5(2)10-3-6(8-11)7(4)9;/h5-8,11H,4H2,1-3H3;4-7,9,11H,3H2,1-2H3;1H4/i2*11T;. The number of rotatable bonds is 2. The van der Waals surface area contributed by atoms with Crippen LogP contribution in [-0.2, 0) is 9.47 Å². The minimum absolute atomic E-state index is 0. The third kappa shape index (κ3) is 6.14. The molecule has 0 bridgehead atoms. The van der Waals surface area contributed by atoms with Gasteiger partial charge >= 0.3 is 0 Å². The number of aliphatic hydroxyl groups is 1. The molecule has 2 rings (SSSR count). The number of hydrogen-bond donors (Lipinski definition) is 1. The van der Waals surface area contributed by atoms with Gasteiger partial charge in [0.25, 0.3) is 0 Å². The van der Waals surface area contributed by atoms with Gasteiger partial charge in [-0.3, -0.25) is 9.49 Å². The molecule has 0 aliphatic carbocycles. The lowest BCUT2D eigenvalue weighted by atomic mass is 9.84. The quantitative estimate of drug-likeness (QED) is 0.746. The molecule has 0 aromatic rings. The molecule has 0 radical (unpaired) electrons.